The number of hydrogen-bond donors (Lipinski definition) is 1. The maximum atomic E-state index is 12.0. The van der Waals surface area contributed by atoms with Crippen molar-refractivity contribution in [3.05, 3.63) is 33.8 Å². The average Bonchev–Trinajstić information content (AvgIpc) is 2.44. The summed E-state index contributed by atoms with van der Waals surface area (Å²) < 4.78 is 5.32. The number of halogens is 2. The van der Waals surface area contributed by atoms with Crippen LogP contribution in [0.1, 0.15) is 23.2 Å². The van der Waals surface area contributed by atoms with E-state index in [2.05, 4.69) is 5.32 Å². The van der Waals surface area contributed by atoms with Crippen LogP contribution in [0.4, 0.5) is 0 Å². The first-order valence-corrected chi connectivity index (χ1v) is 8.40. The van der Waals surface area contributed by atoms with E-state index >= 15 is 0 Å². The van der Waals surface area contributed by atoms with Gasteiger partial charge in [0.1, 0.15) is 0 Å². The lowest BCUT2D eigenvalue weighted by molar-refractivity contribution is 0.0955. The van der Waals surface area contributed by atoms with Gasteiger partial charge in [0.05, 0.1) is 10.6 Å². The Morgan fingerprint density at radius 1 is 1.35 bits per heavy atom. The third-order valence-electron chi connectivity index (χ3n) is 3.09. The maximum absolute atomic E-state index is 12.0. The molecule has 6 heteroatoms. The maximum Gasteiger partial charge on any atom is 0.252 e. The van der Waals surface area contributed by atoms with E-state index in [1.165, 1.54) is 0 Å². The molecule has 1 amide bonds. The van der Waals surface area contributed by atoms with E-state index in [4.69, 9.17) is 27.9 Å². The summed E-state index contributed by atoms with van der Waals surface area (Å²) in [6, 6.07) is 4.89. The predicted molar refractivity (Wildman–Crippen MR) is 85.1 cm³/mol. The fourth-order valence-corrected chi connectivity index (χ4v) is 3.57. The Kier molecular flexibility index (Phi) is 6.49. The normalized spacial score (nSPS) is 16.1. The molecular weight excluding hydrogens is 317 g/mol. The first-order chi connectivity index (χ1) is 9.66. The number of hydrogen-bond acceptors (Lipinski definition) is 3. The Labute approximate surface area is 133 Å². The van der Waals surface area contributed by atoms with Crippen molar-refractivity contribution in [2.24, 2.45) is 0 Å². The lowest BCUT2D eigenvalue weighted by Gasteiger charge is -2.21. The zero-order valence-corrected chi connectivity index (χ0v) is 13.4. The molecule has 0 bridgehead atoms. The largest absolute Gasteiger partial charge is 0.381 e. The van der Waals surface area contributed by atoms with Crippen molar-refractivity contribution in [1.29, 1.82) is 0 Å². The number of nitrogens with one attached hydrogen (secondary N) is 1. The zero-order valence-electron chi connectivity index (χ0n) is 11.0. The Hall–Kier alpha value is -0.420. The van der Waals surface area contributed by atoms with Gasteiger partial charge in [0.2, 0.25) is 0 Å². The molecule has 20 heavy (non-hydrogen) atoms. The van der Waals surface area contributed by atoms with Crippen molar-refractivity contribution < 1.29 is 9.53 Å². The van der Waals surface area contributed by atoms with Gasteiger partial charge in [-0.15, -0.1) is 0 Å². The van der Waals surface area contributed by atoms with Crippen LogP contribution in [0.3, 0.4) is 0 Å². The molecule has 2 rings (SSSR count). The van der Waals surface area contributed by atoms with Crippen LogP contribution < -0.4 is 5.32 Å². The number of rotatable bonds is 5. The minimum Gasteiger partial charge on any atom is -0.381 e. The molecule has 0 unspecified atom stereocenters. The molecule has 1 aromatic rings. The van der Waals surface area contributed by atoms with Gasteiger partial charge >= 0.3 is 0 Å². The first-order valence-electron chi connectivity index (χ1n) is 6.59. The average molecular weight is 334 g/mol. The molecular formula is C14H17Cl2NO2S. The summed E-state index contributed by atoms with van der Waals surface area (Å²) >= 11 is 13.7. The van der Waals surface area contributed by atoms with Crippen LogP contribution in [-0.2, 0) is 4.74 Å². The number of thioether (sulfide) groups is 1. The van der Waals surface area contributed by atoms with E-state index in [-0.39, 0.29) is 5.91 Å². The number of carbonyl (C=O) groups excluding carboxylic acids is 1. The third kappa shape index (κ3) is 4.85. The van der Waals surface area contributed by atoms with Gasteiger partial charge in [-0.05, 0) is 31.0 Å². The second kappa shape index (κ2) is 8.13. The molecule has 0 spiro atoms. The molecule has 0 aromatic heterocycles. The minimum absolute atomic E-state index is 0.153. The van der Waals surface area contributed by atoms with Crippen molar-refractivity contribution in [1.82, 2.24) is 5.32 Å². The molecule has 110 valence electrons. The van der Waals surface area contributed by atoms with Crippen molar-refractivity contribution >= 4 is 40.9 Å². The fourth-order valence-electron chi connectivity index (χ4n) is 2.00. The van der Waals surface area contributed by atoms with Crippen molar-refractivity contribution in [3.63, 3.8) is 0 Å². The van der Waals surface area contributed by atoms with Crippen LogP contribution in [0.5, 0.6) is 0 Å². The van der Waals surface area contributed by atoms with Gasteiger partial charge in [0.15, 0.2) is 0 Å². The van der Waals surface area contributed by atoms with Gasteiger partial charge in [-0.3, -0.25) is 4.79 Å². The molecule has 1 fully saturated rings. The van der Waals surface area contributed by atoms with Gasteiger partial charge in [0, 0.05) is 35.8 Å². The summed E-state index contributed by atoms with van der Waals surface area (Å²) in [5.41, 5.74) is 0.465. The smallest absolute Gasteiger partial charge is 0.252 e. The fraction of sp³-hybridized carbons (Fsp3) is 0.500. The standard InChI is InChI=1S/C14H17Cl2NO2S/c15-10-1-2-12(13(16)9-10)14(18)17-5-8-20-11-3-6-19-7-4-11/h1-2,9,11H,3-8H2,(H,17,18). The highest BCUT2D eigenvalue weighted by atomic mass is 35.5. The molecule has 1 aliphatic rings. The lowest BCUT2D eigenvalue weighted by atomic mass is 10.2. The Bertz CT molecular complexity index is 464. The predicted octanol–water partition coefficient (Wildman–Crippen LogP) is 3.64. The summed E-state index contributed by atoms with van der Waals surface area (Å²) in [6.45, 7) is 2.34. The van der Waals surface area contributed by atoms with Gasteiger partial charge in [-0.25, -0.2) is 0 Å². The molecule has 1 saturated heterocycles. The number of amides is 1. The number of carbonyl (C=O) groups is 1. The van der Waals surface area contributed by atoms with Crippen LogP contribution >= 0.6 is 35.0 Å². The van der Waals surface area contributed by atoms with Crippen molar-refractivity contribution in [3.8, 4) is 0 Å². The first kappa shape index (κ1) is 16.0. The molecule has 3 nitrogen and oxygen atoms in total. The van der Waals surface area contributed by atoms with Crippen LogP contribution in [0.15, 0.2) is 18.2 Å². The second-order valence-electron chi connectivity index (χ2n) is 4.56. The van der Waals surface area contributed by atoms with Gasteiger partial charge in [0.25, 0.3) is 5.91 Å². The Morgan fingerprint density at radius 2 is 2.10 bits per heavy atom. The molecule has 0 radical (unpaired) electrons. The van der Waals surface area contributed by atoms with E-state index in [0.29, 0.717) is 27.4 Å². The Morgan fingerprint density at radius 3 is 2.80 bits per heavy atom. The highest BCUT2D eigenvalue weighted by Gasteiger charge is 2.14. The van der Waals surface area contributed by atoms with E-state index in [1.807, 2.05) is 11.8 Å². The minimum atomic E-state index is -0.153. The van der Waals surface area contributed by atoms with E-state index in [9.17, 15) is 4.79 Å². The topological polar surface area (TPSA) is 38.3 Å². The zero-order chi connectivity index (χ0) is 14.4. The monoisotopic (exact) mass is 333 g/mol. The van der Waals surface area contributed by atoms with Gasteiger partial charge in [-0.2, -0.15) is 11.8 Å². The van der Waals surface area contributed by atoms with Crippen molar-refractivity contribution in [2.75, 3.05) is 25.5 Å². The molecule has 0 saturated carbocycles. The molecule has 0 atom stereocenters. The van der Waals surface area contributed by atoms with Gasteiger partial charge < -0.3 is 10.1 Å². The highest BCUT2D eigenvalue weighted by Crippen LogP contribution is 2.22. The van der Waals surface area contributed by atoms with Crippen molar-refractivity contribution in [2.45, 2.75) is 18.1 Å². The summed E-state index contributed by atoms with van der Waals surface area (Å²) in [6.07, 6.45) is 2.20. The summed E-state index contributed by atoms with van der Waals surface area (Å²) in [5, 5.41) is 4.44. The van der Waals surface area contributed by atoms with Crippen LogP contribution in [0, 0.1) is 0 Å². The summed E-state index contributed by atoms with van der Waals surface area (Å²) in [7, 11) is 0. The number of benzene rings is 1. The third-order valence-corrected chi connectivity index (χ3v) is 5.02. The molecule has 1 N–H and O–H groups in total. The lowest BCUT2D eigenvalue weighted by Crippen LogP contribution is -2.27. The van der Waals surface area contributed by atoms with E-state index in [1.54, 1.807) is 18.2 Å². The van der Waals surface area contributed by atoms with E-state index < -0.39 is 0 Å². The SMILES string of the molecule is O=C(NCCSC1CCOCC1)c1ccc(Cl)cc1Cl. The molecule has 1 heterocycles. The highest BCUT2D eigenvalue weighted by molar-refractivity contribution is 7.99. The summed E-state index contributed by atoms with van der Waals surface area (Å²) in [5.74, 6) is 0.751. The molecule has 0 aliphatic carbocycles. The van der Waals surface area contributed by atoms with Gasteiger partial charge in [-0.1, -0.05) is 23.2 Å². The van der Waals surface area contributed by atoms with E-state index in [0.717, 1.165) is 31.8 Å². The quantitative estimate of drug-likeness (QED) is 0.836. The molecule has 1 aromatic carbocycles. The summed E-state index contributed by atoms with van der Waals surface area (Å²) in [4.78, 5) is 12.0. The second-order valence-corrected chi connectivity index (χ2v) is 6.81. The Balaban J connectivity index is 1.72. The molecule has 1 aliphatic heterocycles. The van der Waals surface area contributed by atoms with Crippen LogP contribution in [0.25, 0.3) is 0 Å². The van der Waals surface area contributed by atoms with Crippen LogP contribution in [-0.4, -0.2) is 36.7 Å². The van der Waals surface area contributed by atoms with Crippen LogP contribution in [0.2, 0.25) is 10.0 Å². The number of ether oxygens (including phenoxy) is 1.